The zero-order valence-electron chi connectivity index (χ0n) is 12.4. The molecule has 0 aromatic heterocycles. The van der Waals surface area contributed by atoms with Crippen LogP contribution in [0.2, 0.25) is 0 Å². The maximum atomic E-state index is 11.6. The van der Waals surface area contributed by atoms with Crippen molar-refractivity contribution in [1.82, 2.24) is 0 Å². The monoisotopic (exact) mass is 298 g/mol. The third kappa shape index (κ3) is 2.75. The maximum Gasteiger partial charge on any atom is 0.303 e. The standard InChI is InChI=1S/C18H18O4/c1-14(19)22-17(15-8-4-2-5-9-15)18(20-12-13-21-18)16-10-6-3-7-11-16/h2-11,17H,12-13H2,1H3/t17-/m0/s1. The number of benzene rings is 2. The maximum absolute atomic E-state index is 11.6. The van der Waals surface area contributed by atoms with E-state index in [-0.39, 0.29) is 5.97 Å². The van der Waals surface area contributed by atoms with Crippen molar-refractivity contribution >= 4 is 5.97 Å². The van der Waals surface area contributed by atoms with Gasteiger partial charge in [-0.25, -0.2) is 0 Å². The van der Waals surface area contributed by atoms with Gasteiger partial charge in [0.2, 0.25) is 5.79 Å². The molecule has 0 amide bonds. The van der Waals surface area contributed by atoms with Gasteiger partial charge in [0.25, 0.3) is 0 Å². The highest BCUT2D eigenvalue weighted by atomic mass is 16.8. The van der Waals surface area contributed by atoms with Crippen molar-refractivity contribution in [1.29, 1.82) is 0 Å². The molecular formula is C18H18O4. The van der Waals surface area contributed by atoms with E-state index in [1.807, 2.05) is 60.7 Å². The van der Waals surface area contributed by atoms with Gasteiger partial charge in [-0.05, 0) is 5.56 Å². The summed E-state index contributed by atoms with van der Waals surface area (Å²) in [6.07, 6.45) is -0.656. The fourth-order valence-corrected chi connectivity index (χ4v) is 2.73. The molecule has 114 valence electrons. The number of esters is 1. The van der Waals surface area contributed by atoms with Gasteiger partial charge in [0.1, 0.15) is 0 Å². The Morgan fingerprint density at radius 3 is 2.09 bits per heavy atom. The molecular weight excluding hydrogens is 280 g/mol. The first-order chi connectivity index (χ1) is 10.7. The van der Waals surface area contributed by atoms with Crippen LogP contribution in [0, 0.1) is 0 Å². The molecule has 1 aliphatic heterocycles. The summed E-state index contributed by atoms with van der Waals surface area (Å²) in [5, 5.41) is 0. The Balaban J connectivity index is 2.08. The number of ether oxygens (including phenoxy) is 3. The molecule has 0 unspecified atom stereocenters. The number of hydrogen-bond acceptors (Lipinski definition) is 4. The van der Waals surface area contributed by atoms with Gasteiger partial charge in [-0.15, -0.1) is 0 Å². The molecule has 0 spiro atoms. The minimum atomic E-state index is -1.10. The Morgan fingerprint density at radius 1 is 1.00 bits per heavy atom. The van der Waals surface area contributed by atoms with Crippen LogP contribution in [0.3, 0.4) is 0 Å². The highest BCUT2D eigenvalue weighted by Gasteiger charge is 2.49. The molecule has 1 fully saturated rings. The van der Waals surface area contributed by atoms with Crippen molar-refractivity contribution in [2.75, 3.05) is 13.2 Å². The van der Waals surface area contributed by atoms with Crippen LogP contribution in [0.1, 0.15) is 24.2 Å². The van der Waals surface area contributed by atoms with Gasteiger partial charge in [-0.3, -0.25) is 4.79 Å². The predicted molar refractivity (Wildman–Crippen MR) is 81.0 cm³/mol. The summed E-state index contributed by atoms with van der Waals surface area (Å²) in [5.74, 6) is -1.47. The summed E-state index contributed by atoms with van der Waals surface area (Å²) in [4.78, 5) is 11.6. The Bertz CT molecular complexity index is 618. The molecule has 0 saturated carbocycles. The van der Waals surface area contributed by atoms with Crippen LogP contribution in [0.4, 0.5) is 0 Å². The zero-order chi connectivity index (χ0) is 15.4. The molecule has 0 radical (unpaired) electrons. The molecule has 22 heavy (non-hydrogen) atoms. The van der Waals surface area contributed by atoms with Crippen molar-refractivity contribution < 1.29 is 19.0 Å². The van der Waals surface area contributed by atoms with E-state index < -0.39 is 11.9 Å². The number of rotatable bonds is 4. The van der Waals surface area contributed by atoms with Crippen LogP contribution in [0.25, 0.3) is 0 Å². The molecule has 0 N–H and O–H groups in total. The largest absolute Gasteiger partial charge is 0.451 e. The van der Waals surface area contributed by atoms with Crippen molar-refractivity contribution in [2.45, 2.75) is 18.8 Å². The summed E-state index contributed by atoms with van der Waals surface area (Å²) in [6.45, 7) is 2.31. The van der Waals surface area contributed by atoms with E-state index in [4.69, 9.17) is 14.2 Å². The van der Waals surface area contributed by atoms with E-state index in [2.05, 4.69) is 0 Å². The average molecular weight is 298 g/mol. The molecule has 3 rings (SSSR count). The van der Waals surface area contributed by atoms with E-state index in [0.29, 0.717) is 13.2 Å². The predicted octanol–water partition coefficient (Wildman–Crippen LogP) is 3.19. The molecule has 1 saturated heterocycles. The second-order valence-electron chi connectivity index (χ2n) is 5.13. The Kier molecular flexibility index (Phi) is 4.22. The summed E-state index contributed by atoms with van der Waals surface area (Å²) in [6, 6.07) is 19.1. The molecule has 2 aromatic carbocycles. The summed E-state index contributed by atoms with van der Waals surface area (Å²) in [7, 11) is 0. The number of hydrogen-bond donors (Lipinski definition) is 0. The first-order valence-corrected chi connectivity index (χ1v) is 7.28. The van der Waals surface area contributed by atoms with Crippen LogP contribution in [-0.2, 0) is 24.8 Å². The van der Waals surface area contributed by atoms with Gasteiger partial charge in [-0.1, -0.05) is 60.7 Å². The Morgan fingerprint density at radius 2 is 1.55 bits per heavy atom. The minimum absolute atomic E-state index is 0.372. The van der Waals surface area contributed by atoms with E-state index >= 15 is 0 Å². The van der Waals surface area contributed by atoms with Gasteiger partial charge in [0, 0.05) is 12.5 Å². The molecule has 0 aliphatic carbocycles. The topological polar surface area (TPSA) is 44.8 Å². The smallest absolute Gasteiger partial charge is 0.303 e. The lowest BCUT2D eigenvalue weighted by atomic mass is 9.94. The van der Waals surface area contributed by atoms with Gasteiger partial charge in [-0.2, -0.15) is 0 Å². The zero-order valence-corrected chi connectivity index (χ0v) is 12.4. The van der Waals surface area contributed by atoms with Gasteiger partial charge < -0.3 is 14.2 Å². The van der Waals surface area contributed by atoms with Crippen LogP contribution in [0.15, 0.2) is 60.7 Å². The van der Waals surface area contributed by atoms with Crippen molar-refractivity contribution in [3.05, 3.63) is 71.8 Å². The quantitative estimate of drug-likeness (QED) is 0.813. The van der Waals surface area contributed by atoms with Gasteiger partial charge >= 0.3 is 5.97 Å². The first-order valence-electron chi connectivity index (χ1n) is 7.28. The second kappa shape index (κ2) is 6.30. The number of carbonyl (C=O) groups is 1. The highest BCUT2D eigenvalue weighted by Crippen LogP contribution is 2.44. The third-order valence-electron chi connectivity index (χ3n) is 3.62. The molecule has 2 aromatic rings. The molecule has 4 heteroatoms. The highest BCUT2D eigenvalue weighted by molar-refractivity contribution is 5.66. The van der Waals surface area contributed by atoms with E-state index in [1.165, 1.54) is 6.92 Å². The number of carbonyl (C=O) groups excluding carboxylic acids is 1. The lowest BCUT2D eigenvalue weighted by Crippen LogP contribution is -2.37. The van der Waals surface area contributed by atoms with Crippen LogP contribution < -0.4 is 0 Å². The second-order valence-corrected chi connectivity index (χ2v) is 5.13. The van der Waals surface area contributed by atoms with E-state index in [9.17, 15) is 4.79 Å². The van der Waals surface area contributed by atoms with Crippen LogP contribution >= 0.6 is 0 Å². The molecule has 1 heterocycles. The molecule has 1 atom stereocenters. The van der Waals surface area contributed by atoms with Crippen molar-refractivity contribution in [3.8, 4) is 0 Å². The van der Waals surface area contributed by atoms with Crippen LogP contribution in [-0.4, -0.2) is 19.2 Å². The summed E-state index contributed by atoms with van der Waals surface area (Å²) >= 11 is 0. The normalized spacial score (nSPS) is 17.9. The van der Waals surface area contributed by atoms with E-state index in [0.717, 1.165) is 11.1 Å². The van der Waals surface area contributed by atoms with E-state index in [1.54, 1.807) is 0 Å². The van der Waals surface area contributed by atoms with Crippen molar-refractivity contribution in [2.24, 2.45) is 0 Å². The average Bonchev–Trinajstić information content (AvgIpc) is 3.05. The molecule has 0 bridgehead atoms. The Labute approximate surface area is 129 Å². The van der Waals surface area contributed by atoms with Gasteiger partial charge in [0.15, 0.2) is 6.10 Å². The minimum Gasteiger partial charge on any atom is -0.451 e. The summed E-state index contributed by atoms with van der Waals surface area (Å²) < 4.78 is 17.5. The fraction of sp³-hybridized carbons (Fsp3) is 0.278. The lowest BCUT2D eigenvalue weighted by Gasteiger charge is -2.35. The molecule has 4 nitrogen and oxygen atoms in total. The molecule has 1 aliphatic rings. The third-order valence-corrected chi connectivity index (χ3v) is 3.62. The summed E-state index contributed by atoms with van der Waals surface area (Å²) in [5.41, 5.74) is 1.67. The fourth-order valence-electron chi connectivity index (χ4n) is 2.73. The van der Waals surface area contributed by atoms with Crippen molar-refractivity contribution in [3.63, 3.8) is 0 Å². The first kappa shape index (κ1) is 14.8. The Hall–Kier alpha value is -2.17. The van der Waals surface area contributed by atoms with Crippen LogP contribution in [0.5, 0.6) is 0 Å². The SMILES string of the molecule is CC(=O)O[C@@H](c1ccccc1)C1(c2ccccc2)OCCO1. The van der Waals surface area contributed by atoms with Gasteiger partial charge in [0.05, 0.1) is 13.2 Å². The lowest BCUT2D eigenvalue weighted by molar-refractivity contribution is -0.242.